The maximum atomic E-state index is 13.5. The van der Waals surface area contributed by atoms with Gasteiger partial charge < -0.3 is 15.6 Å². The standard InChI is InChI=1S/C32H34N2O3S/c33-20-30-19-27(23-38-30)26-11-13-29(14-12-26)32(36,28-9-5-2-6-10-28)31(35)37-22-25-15-17-34(18-16-25)21-24-7-3-1-4-8-24/h1-14,19,23,25,36H,15-18,20-22,33H2. The second-order valence-electron chi connectivity index (χ2n) is 9.96. The number of benzene rings is 3. The topological polar surface area (TPSA) is 75.8 Å². The Morgan fingerprint density at radius 2 is 1.55 bits per heavy atom. The van der Waals surface area contributed by atoms with E-state index in [4.69, 9.17) is 10.5 Å². The lowest BCUT2D eigenvalue weighted by Crippen LogP contribution is -2.40. The Morgan fingerprint density at radius 1 is 0.921 bits per heavy atom. The van der Waals surface area contributed by atoms with Crippen molar-refractivity contribution in [3.05, 3.63) is 118 Å². The van der Waals surface area contributed by atoms with E-state index in [1.165, 1.54) is 5.56 Å². The Hall–Kier alpha value is -3.29. The normalized spacial score (nSPS) is 16.2. The Balaban J connectivity index is 1.26. The van der Waals surface area contributed by atoms with E-state index in [1.54, 1.807) is 23.5 Å². The number of carbonyl (C=O) groups excluding carboxylic acids is 1. The van der Waals surface area contributed by atoms with Crippen LogP contribution in [0.1, 0.15) is 34.4 Å². The van der Waals surface area contributed by atoms with E-state index in [2.05, 4.69) is 40.6 Å². The van der Waals surface area contributed by atoms with E-state index >= 15 is 0 Å². The molecule has 4 aromatic rings. The molecule has 5 nitrogen and oxygen atoms in total. The van der Waals surface area contributed by atoms with E-state index in [0.717, 1.165) is 48.5 Å². The fourth-order valence-electron chi connectivity index (χ4n) is 5.08. The number of aliphatic hydroxyl groups is 1. The van der Waals surface area contributed by atoms with Crippen molar-refractivity contribution in [2.45, 2.75) is 31.5 Å². The monoisotopic (exact) mass is 526 g/mol. The highest BCUT2D eigenvalue weighted by Gasteiger charge is 2.42. The number of rotatable bonds is 9. The number of hydrogen-bond acceptors (Lipinski definition) is 6. The van der Waals surface area contributed by atoms with E-state index in [-0.39, 0.29) is 5.92 Å². The predicted molar refractivity (Wildman–Crippen MR) is 152 cm³/mol. The average Bonchev–Trinajstić information content (AvgIpc) is 3.47. The molecule has 38 heavy (non-hydrogen) atoms. The third-order valence-corrected chi connectivity index (χ3v) is 8.34. The minimum absolute atomic E-state index is 0.281. The fourth-order valence-corrected chi connectivity index (χ4v) is 5.85. The number of thiophene rings is 1. The summed E-state index contributed by atoms with van der Waals surface area (Å²) in [7, 11) is 0. The molecule has 2 heterocycles. The molecule has 1 unspecified atom stereocenters. The molecule has 3 aromatic carbocycles. The first-order valence-electron chi connectivity index (χ1n) is 13.2. The van der Waals surface area contributed by atoms with E-state index < -0.39 is 11.6 Å². The van der Waals surface area contributed by atoms with Crippen molar-refractivity contribution in [2.75, 3.05) is 19.7 Å². The Bertz CT molecular complexity index is 1320. The lowest BCUT2D eigenvalue weighted by atomic mass is 9.85. The SMILES string of the molecule is NCc1cc(-c2ccc(C(O)(C(=O)OCC3CCN(Cc4ccccc4)CC3)c3ccccc3)cc2)cs1. The Kier molecular flexibility index (Phi) is 8.35. The van der Waals surface area contributed by atoms with Crippen molar-refractivity contribution in [3.8, 4) is 11.1 Å². The molecule has 3 N–H and O–H groups in total. The van der Waals surface area contributed by atoms with Gasteiger partial charge in [0.1, 0.15) is 0 Å². The van der Waals surface area contributed by atoms with Crippen LogP contribution in [-0.4, -0.2) is 35.7 Å². The third-order valence-electron chi connectivity index (χ3n) is 7.38. The van der Waals surface area contributed by atoms with Gasteiger partial charge in [-0.3, -0.25) is 4.90 Å². The zero-order chi connectivity index (χ0) is 26.4. The van der Waals surface area contributed by atoms with Crippen molar-refractivity contribution < 1.29 is 14.6 Å². The smallest absolute Gasteiger partial charge is 0.347 e. The van der Waals surface area contributed by atoms with Gasteiger partial charge in [-0.25, -0.2) is 4.79 Å². The summed E-state index contributed by atoms with van der Waals surface area (Å²) in [6.07, 6.45) is 1.92. The fraction of sp³-hybridized carbons (Fsp3) is 0.281. The molecule has 0 spiro atoms. The number of nitrogens with zero attached hydrogens (tertiary/aromatic N) is 1. The molecule has 1 aliphatic heterocycles. The van der Waals surface area contributed by atoms with Gasteiger partial charge in [-0.1, -0.05) is 84.9 Å². The van der Waals surface area contributed by atoms with Crippen LogP contribution in [0, 0.1) is 5.92 Å². The van der Waals surface area contributed by atoms with Crippen LogP contribution in [0.3, 0.4) is 0 Å². The summed E-state index contributed by atoms with van der Waals surface area (Å²) in [5.41, 5.74) is 8.27. The van der Waals surface area contributed by atoms with Crippen molar-refractivity contribution in [3.63, 3.8) is 0 Å². The van der Waals surface area contributed by atoms with Gasteiger partial charge >= 0.3 is 5.97 Å². The molecule has 1 aromatic heterocycles. The summed E-state index contributed by atoms with van der Waals surface area (Å²) in [6, 6.07) is 29.1. The number of hydrogen-bond donors (Lipinski definition) is 2. The molecule has 1 atom stereocenters. The number of esters is 1. The van der Waals surface area contributed by atoms with Crippen LogP contribution in [0.15, 0.2) is 96.4 Å². The molecule has 5 rings (SSSR count). The number of nitrogens with two attached hydrogens (primary N) is 1. The van der Waals surface area contributed by atoms with Crippen molar-refractivity contribution in [2.24, 2.45) is 11.7 Å². The van der Waals surface area contributed by atoms with Gasteiger partial charge in [0.2, 0.25) is 5.60 Å². The molecule has 1 saturated heterocycles. The van der Waals surface area contributed by atoms with Crippen LogP contribution >= 0.6 is 11.3 Å². The average molecular weight is 527 g/mol. The van der Waals surface area contributed by atoms with Gasteiger partial charge in [0.15, 0.2) is 0 Å². The van der Waals surface area contributed by atoms with Gasteiger partial charge in [0, 0.05) is 18.0 Å². The van der Waals surface area contributed by atoms with E-state index in [9.17, 15) is 9.90 Å². The second kappa shape index (κ2) is 12.0. The van der Waals surface area contributed by atoms with Crippen molar-refractivity contribution >= 4 is 17.3 Å². The summed E-state index contributed by atoms with van der Waals surface area (Å²) >= 11 is 1.62. The van der Waals surface area contributed by atoms with Crippen LogP contribution in [-0.2, 0) is 28.2 Å². The summed E-state index contributed by atoms with van der Waals surface area (Å²) in [6.45, 7) is 3.69. The summed E-state index contributed by atoms with van der Waals surface area (Å²) in [5, 5.41) is 13.9. The molecule has 1 aliphatic rings. The number of ether oxygens (including phenoxy) is 1. The molecule has 196 valence electrons. The summed E-state index contributed by atoms with van der Waals surface area (Å²) in [5.74, 6) is -0.354. The third kappa shape index (κ3) is 5.89. The molecule has 0 aliphatic carbocycles. The molecule has 0 radical (unpaired) electrons. The van der Waals surface area contributed by atoms with Crippen LogP contribution in [0.25, 0.3) is 11.1 Å². The van der Waals surface area contributed by atoms with Gasteiger partial charge in [-0.05, 0) is 71.1 Å². The van der Waals surface area contributed by atoms with Crippen LogP contribution in [0.4, 0.5) is 0 Å². The van der Waals surface area contributed by atoms with Crippen molar-refractivity contribution in [1.82, 2.24) is 4.90 Å². The van der Waals surface area contributed by atoms with Gasteiger partial charge in [-0.2, -0.15) is 0 Å². The number of likely N-dealkylation sites (tertiary alicyclic amines) is 1. The largest absolute Gasteiger partial charge is 0.463 e. The van der Waals surface area contributed by atoms with Gasteiger partial charge in [-0.15, -0.1) is 11.3 Å². The zero-order valence-electron chi connectivity index (χ0n) is 21.5. The van der Waals surface area contributed by atoms with Crippen molar-refractivity contribution in [1.29, 1.82) is 0 Å². The van der Waals surface area contributed by atoms with E-state index in [1.807, 2.05) is 48.5 Å². The Labute approximate surface area is 228 Å². The maximum Gasteiger partial charge on any atom is 0.347 e. The molecule has 0 bridgehead atoms. The Morgan fingerprint density at radius 3 is 2.18 bits per heavy atom. The summed E-state index contributed by atoms with van der Waals surface area (Å²) in [4.78, 5) is 17.1. The quantitative estimate of drug-likeness (QED) is 0.279. The first-order valence-corrected chi connectivity index (χ1v) is 14.0. The first kappa shape index (κ1) is 26.3. The van der Waals surface area contributed by atoms with E-state index in [0.29, 0.717) is 24.3 Å². The summed E-state index contributed by atoms with van der Waals surface area (Å²) < 4.78 is 5.82. The molecule has 1 fully saturated rings. The highest BCUT2D eigenvalue weighted by Crippen LogP contribution is 2.34. The second-order valence-corrected chi connectivity index (χ2v) is 11.0. The maximum absolute atomic E-state index is 13.5. The van der Waals surface area contributed by atoms with Gasteiger partial charge in [0.25, 0.3) is 0 Å². The predicted octanol–water partition coefficient (Wildman–Crippen LogP) is 5.57. The number of piperidine rings is 1. The first-order chi connectivity index (χ1) is 18.6. The highest BCUT2D eigenvalue weighted by molar-refractivity contribution is 7.10. The number of carbonyl (C=O) groups is 1. The van der Waals surface area contributed by atoms with Crippen LogP contribution < -0.4 is 5.73 Å². The van der Waals surface area contributed by atoms with Crippen LogP contribution in [0.5, 0.6) is 0 Å². The molecule has 6 heteroatoms. The highest BCUT2D eigenvalue weighted by atomic mass is 32.1. The molecular weight excluding hydrogens is 492 g/mol. The lowest BCUT2D eigenvalue weighted by Gasteiger charge is -2.33. The minimum atomic E-state index is -1.88. The minimum Gasteiger partial charge on any atom is -0.463 e. The van der Waals surface area contributed by atoms with Crippen LogP contribution in [0.2, 0.25) is 0 Å². The lowest BCUT2D eigenvalue weighted by molar-refractivity contribution is -0.164. The molecule has 0 amide bonds. The van der Waals surface area contributed by atoms with Gasteiger partial charge in [0.05, 0.1) is 6.61 Å². The molecule has 0 saturated carbocycles. The zero-order valence-corrected chi connectivity index (χ0v) is 22.3. The molecular formula is C32H34N2O3S.